The molecule has 0 amide bonds. The molecule has 1 aromatic rings. The molecule has 0 heterocycles. The number of nitrogens with zero attached hydrogens (tertiary/aromatic N) is 2. The van der Waals surface area contributed by atoms with E-state index in [0.717, 1.165) is 0 Å². The Kier molecular flexibility index (Phi) is 4.85. The lowest BCUT2D eigenvalue weighted by Gasteiger charge is -2.31. The Labute approximate surface area is 112 Å². The Morgan fingerprint density at radius 3 is 2.47 bits per heavy atom. The molecule has 0 aliphatic rings. The third-order valence-corrected chi connectivity index (χ3v) is 2.88. The summed E-state index contributed by atoms with van der Waals surface area (Å²) in [7, 11) is 0. The summed E-state index contributed by atoms with van der Waals surface area (Å²) in [6.45, 7) is 5.18. The van der Waals surface area contributed by atoms with E-state index >= 15 is 0 Å². The molecule has 6 nitrogen and oxygen atoms in total. The van der Waals surface area contributed by atoms with Gasteiger partial charge in [-0.3, -0.25) is 5.01 Å². The van der Waals surface area contributed by atoms with Gasteiger partial charge in [-0.1, -0.05) is 6.07 Å². The maximum atomic E-state index is 10.8. The van der Waals surface area contributed by atoms with E-state index in [1.807, 2.05) is 20.8 Å². The smallest absolute Gasteiger partial charge is 0.121 e. The van der Waals surface area contributed by atoms with Crippen molar-refractivity contribution >= 4 is 0 Å². The molecular weight excluding hydrogens is 248 g/mol. The van der Waals surface area contributed by atoms with Gasteiger partial charge in [-0.2, -0.15) is 0 Å². The molecule has 0 saturated carbocycles. The summed E-state index contributed by atoms with van der Waals surface area (Å²) in [4.78, 5) is 10.8. The Morgan fingerprint density at radius 2 is 2.00 bits per heavy atom. The summed E-state index contributed by atoms with van der Waals surface area (Å²) in [6, 6.07) is 4.45. The maximum absolute atomic E-state index is 10.8. The highest BCUT2D eigenvalue weighted by Crippen LogP contribution is 2.25. The van der Waals surface area contributed by atoms with Crippen molar-refractivity contribution in [1.82, 2.24) is 5.01 Å². The van der Waals surface area contributed by atoms with Crippen LogP contribution in [0.25, 0.3) is 0 Å². The summed E-state index contributed by atoms with van der Waals surface area (Å²) in [6.07, 6.45) is -0.928. The summed E-state index contributed by atoms with van der Waals surface area (Å²) < 4.78 is 0. The predicted octanol–water partition coefficient (Wildman–Crippen LogP) is 1.70. The number of β-amino-alcohol motifs (C(OH)–C–C–N with tert-alkyl or cyclic N) is 1. The minimum Gasteiger partial charge on any atom is -0.508 e. The first-order valence-corrected chi connectivity index (χ1v) is 6.01. The van der Waals surface area contributed by atoms with Gasteiger partial charge in [-0.25, -0.2) is 0 Å². The molecule has 1 aromatic carbocycles. The first kappa shape index (κ1) is 15.4. The van der Waals surface area contributed by atoms with E-state index in [1.165, 1.54) is 17.1 Å². The Morgan fingerprint density at radius 1 is 1.37 bits per heavy atom. The Balaban J connectivity index is 2.88. The first-order valence-electron chi connectivity index (χ1n) is 6.01. The van der Waals surface area contributed by atoms with Crippen LogP contribution in [-0.2, 0) is 6.61 Å². The maximum Gasteiger partial charge on any atom is 0.121 e. The van der Waals surface area contributed by atoms with Crippen molar-refractivity contribution in [2.24, 2.45) is 5.29 Å². The van der Waals surface area contributed by atoms with Gasteiger partial charge in [0, 0.05) is 5.56 Å². The molecule has 1 atom stereocenters. The van der Waals surface area contributed by atoms with Crippen molar-refractivity contribution in [3.63, 3.8) is 0 Å². The zero-order valence-corrected chi connectivity index (χ0v) is 11.4. The lowest BCUT2D eigenvalue weighted by Crippen LogP contribution is -2.39. The van der Waals surface area contributed by atoms with Gasteiger partial charge in [0.2, 0.25) is 0 Å². The van der Waals surface area contributed by atoms with Crippen LogP contribution in [0.2, 0.25) is 0 Å². The standard InChI is InChI=1S/C13H20N2O4/c1-13(2,3)15(14-19)7-12(18)9-4-5-11(17)10(6-9)8-16/h4-6,12,16-18H,7-8H2,1-3H3. The molecule has 0 aliphatic carbocycles. The van der Waals surface area contributed by atoms with Crippen molar-refractivity contribution in [1.29, 1.82) is 0 Å². The van der Waals surface area contributed by atoms with Gasteiger partial charge in [-0.15, -0.1) is 4.91 Å². The van der Waals surface area contributed by atoms with E-state index in [1.54, 1.807) is 6.07 Å². The lowest BCUT2D eigenvalue weighted by atomic mass is 10.0. The minimum absolute atomic E-state index is 0.0281. The van der Waals surface area contributed by atoms with E-state index in [0.29, 0.717) is 11.1 Å². The molecule has 19 heavy (non-hydrogen) atoms. The van der Waals surface area contributed by atoms with Gasteiger partial charge in [0.15, 0.2) is 0 Å². The number of aliphatic hydroxyl groups excluding tert-OH is 2. The quantitative estimate of drug-likeness (QED) is 0.558. The fourth-order valence-corrected chi connectivity index (χ4v) is 1.64. The van der Waals surface area contributed by atoms with Crippen molar-refractivity contribution < 1.29 is 15.3 Å². The number of phenols is 1. The van der Waals surface area contributed by atoms with Crippen molar-refractivity contribution in [3.8, 4) is 5.75 Å². The van der Waals surface area contributed by atoms with Crippen LogP contribution in [-0.4, -0.2) is 32.4 Å². The minimum atomic E-state index is -0.928. The average molecular weight is 268 g/mol. The second-order valence-corrected chi connectivity index (χ2v) is 5.40. The average Bonchev–Trinajstić information content (AvgIpc) is 2.34. The molecule has 0 spiro atoms. The van der Waals surface area contributed by atoms with Crippen LogP contribution in [0.3, 0.4) is 0 Å². The van der Waals surface area contributed by atoms with Crippen molar-refractivity contribution in [3.05, 3.63) is 34.2 Å². The lowest BCUT2D eigenvalue weighted by molar-refractivity contribution is 0.0590. The molecule has 3 N–H and O–H groups in total. The molecule has 0 saturated heterocycles. The normalized spacial score (nSPS) is 13.1. The molecule has 0 aliphatic heterocycles. The van der Waals surface area contributed by atoms with E-state index in [9.17, 15) is 15.1 Å². The van der Waals surface area contributed by atoms with Crippen LogP contribution in [0, 0.1) is 4.91 Å². The highest BCUT2D eigenvalue weighted by molar-refractivity contribution is 5.36. The summed E-state index contributed by atoms with van der Waals surface area (Å²) in [5.41, 5.74) is 0.358. The summed E-state index contributed by atoms with van der Waals surface area (Å²) in [5, 5.41) is 32.8. The largest absolute Gasteiger partial charge is 0.508 e. The van der Waals surface area contributed by atoms with Crippen LogP contribution in [0.5, 0.6) is 5.75 Å². The molecule has 106 valence electrons. The van der Waals surface area contributed by atoms with Gasteiger partial charge < -0.3 is 15.3 Å². The summed E-state index contributed by atoms with van der Waals surface area (Å²) in [5.74, 6) is -0.0281. The van der Waals surface area contributed by atoms with Crippen LogP contribution >= 0.6 is 0 Å². The fraction of sp³-hybridized carbons (Fsp3) is 0.538. The van der Waals surface area contributed by atoms with Crippen LogP contribution < -0.4 is 0 Å². The second-order valence-electron chi connectivity index (χ2n) is 5.40. The monoisotopic (exact) mass is 268 g/mol. The molecule has 0 fully saturated rings. The molecule has 1 rings (SSSR count). The molecule has 0 radical (unpaired) electrons. The number of aromatic hydroxyl groups is 1. The van der Waals surface area contributed by atoms with E-state index in [4.69, 9.17) is 5.11 Å². The fourth-order valence-electron chi connectivity index (χ4n) is 1.64. The van der Waals surface area contributed by atoms with Gasteiger partial charge in [-0.05, 0) is 38.5 Å². The van der Waals surface area contributed by atoms with Crippen LogP contribution in [0.4, 0.5) is 0 Å². The highest BCUT2D eigenvalue weighted by atomic mass is 16.3. The second kappa shape index (κ2) is 5.99. The van der Waals surface area contributed by atoms with E-state index in [-0.39, 0.29) is 18.9 Å². The van der Waals surface area contributed by atoms with Gasteiger partial charge in [0.05, 0.1) is 30.1 Å². The first-order chi connectivity index (χ1) is 8.79. The zero-order valence-electron chi connectivity index (χ0n) is 11.4. The number of nitroso groups, excluding NO2 is 1. The number of hydrogen-bond acceptors (Lipinski definition) is 5. The van der Waals surface area contributed by atoms with E-state index in [2.05, 4.69) is 5.29 Å². The molecule has 0 aromatic heterocycles. The third-order valence-electron chi connectivity index (χ3n) is 2.88. The SMILES string of the molecule is CC(C)(C)N(CC(O)c1ccc(O)c(CO)c1)N=O. The summed E-state index contributed by atoms with van der Waals surface area (Å²) >= 11 is 0. The third kappa shape index (κ3) is 3.90. The topological polar surface area (TPSA) is 93.4 Å². The number of aliphatic hydroxyl groups is 2. The Bertz CT molecular complexity index is 443. The highest BCUT2D eigenvalue weighted by Gasteiger charge is 2.24. The van der Waals surface area contributed by atoms with Crippen molar-refractivity contribution in [2.45, 2.75) is 39.0 Å². The molecule has 6 heteroatoms. The van der Waals surface area contributed by atoms with Crippen LogP contribution in [0.1, 0.15) is 38.0 Å². The number of benzene rings is 1. The van der Waals surface area contributed by atoms with Crippen molar-refractivity contribution in [2.75, 3.05) is 6.54 Å². The van der Waals surface area contributed by atoms with E-state index < -0.39 is 11.6 Å². The van der Waals surface area contributed by atoms with Crippen LogP contribution in [0.15, 0.2) is 23.5 Å². The van der Waals surface area contributed by atoms with Gasteiger partial charge in [0.25, 0.3) is 0 Å². The molecule has 0 bridgehead atoms. The predicted molar refractivity (Wildman–Crippen MR) is 71.2 cm³/mol. The Hall–Kier alpha value is -1.66. The number of rotatable bonds is 5. The molecule has 1 unspecified atom stereocenters. The molecular formula is C13H20N2O4. The zero-order chi connectivity index (χ0) is 14.6. The van der Waals surface area contributed by atoms with Gasteiger partial charge in [0.1, 0.15) is 5.75 Å². The number of hydrogen-bond donors (Lipinski definition) is 3. The van der Waals surface area contributed by atoms with Gasteiger partial charge >= 0.3 is 0 Å².